The van der Waals surface area contributed by atoms with E-state index < -0.39 is 0 Å². The van der Waals surface area contributed by atoms with E-state index in [0.717, 1.165) is 27.5 Å². The third kappa shape index (κ3) is 2.66. The fraction of sp³-hybridized carbons (Fsp3) is 0.143. The Kier molecular flexibility index (Phi) is 3.05. The van der Waals surface area contributed by atoms with Gasteiger partial charge in [-0.2, -0.15) is 5.10 Å². The fourth-order valence-corrected chi connectivity index (χ4v) is 2.57. The van der Waals surface area contributed by atoms with Crippen LogP contribution in [0.25, 0.3) is 11.1 Å². The number of nitrogens with two attached hydrogens (primary N) is 1. The highest BCUT2D eigenvalue weighted by Gasteiger charge is 2.04. The molecule has 0 fully saturated rings. The Balaban J connectivity index is 1.83. The van der Waals surface area contributed by atoms with Crippen LogP contribution in [0.2, 0.25) is 0 Å². The van der Waals surface area contributed by atoms with Crippen LogP contribution in [-0.2, 0) is 6.54 Å². The topological polar surface area (TPSA) is 56.7 Å². The van der Waals surface area contributed by atoms with Crippen LogP contribution in [0.15, 0.2) is 42.0 Å². The Labute approximate surface area is 115 Å². The minimum Gasteiger partial charge on any atom is -0.399 e. The highest BCUT2D eigenvalue weighted by atomic mass is 32.1. The molecule has 4 nitrogen and oxygen atoms in total. The van der Waals surface area contributed by atoms with Crippen molar-refractivity contribution in [3.63, 3.8) is 0 Å². The number of nitrogens with zero attached hydrogens (tertiary/aromatic N) is 3. The highest BCUT2D eigenvalue weighted by molar-refractivity contribution is 7.09. The van der Waals surface area contributed by atoms with Gasteiger partial charge in [-0.3, -0.25) is 4.68 Å². The molecule has 0 saturated heterocycles. The molecule has 0 atom stereocenters. The molecule has 0 aliphatic heterocycles. The Morgan fingerprint density at radius 2 is 2.21 bits per heavy atom. The van der Waals surface area contributed by atoms with Crippen LogP contribution in [0.5, 0.6) is 0 Å². The van der Waals surface area contributed by atoms with E-state index in [9.17, 15) is 0 Å². The van der Waals surface area contributed by atoms with Crippen molar-refractivity contribution < 1.29 is 0 Å². The molecule has 3 aromatic rings. The van der Waals surface area contributed by atoms with E-state index in [-0.39, 0.29) is 0 Å². The van der Waals surface area contributed by atoms with Gasteiger partial charge in [0.1, 0.15) is 0 Å². The lowest BCUT2D eigenvalue weighted by Crippen LogP contribution is -1.99. The zero-order valence-corrected chi connectivity index (χ0v) is 11.4. The first kappa shape index (κ1) is 11.9. The minimum absolute atomic E-state index is 0.701. The monoisotopic (exact) mass is 270 g/mol. The lowest BCUT2D eigenvalue weighted by atomic mass is 10.1. The number of rotatable bonds is 3. The fourth-order valence-electron chi connectivity index (χ4n) is 1.96. The maximum absolute atomic E-state index is 5.79. The summed E-state index contributed by atoms with van der Waals surface area (Å²) in [5.41, 5.74) is 9.76. The van der Waals surface area contributed by atoms with E-state index in [4.69, 9.17) is 5.73 Å². The van der Waals surface area contributed by atoms with Gasteiger partial charge in [-0.15, -0.1) is 11.3 Å². The van der Waals surface area contributed by atoms with Crippen molar-refractivity contribution in [1.82, 2.24) is 14.8 Å². The molecule has 0 aliphatic rings. The normalized spacial score (nSPS) is 10.8. The van der Waals surface area contributed by atoms with Crippen LogP contribution in [0.3, 0.4) is 0 Å². The highest BCUT2D eigenvalue weighted by Crippen LogP contribution is 2.21. The Hall–Kier alpha value is -2.14. The van der Waals surface area contributed by atoms with Crippen molar-refractivity contribution in [2.24, 2.45) is 0 Å². The van der Waals surface area contributed by atoms with Crippen LogP contribution in [0.1, 0.15) is 10.7 Å². The molecule has 0 bridgehead atoms. The Morgan fingerprint density at radius 3 is 2.95 bits per heavy atom. The summed E-state index contributed by atoms with van der Waals surface area (Å²) in [5.74, 6) is 0. The van der Waals surface area contributed by atoms with Crippen molar-refractivity contribution in [2.75, 3.05) is 5.73 Å². The van der Waals surface area contributed by atoms with Crippen molar-refractivity contribution in [3.8, 4) is 11.1 Å². The number of thiazole rings is 1. The van der Waals surface area contributed by atoms with Gasteiger partial charge in [-0.05, 0) is 24.6 Å². The van der Waals surface area contributed by atoms with Gasteiger partial charge in [-0.1, -0.05) is 12.1 Å². The van der Waals surface area contributed by atoms with E-state index in [2.05, 4.69) is 15.5 Å². The second-order valence-electron chi connectivity index (χ2n) is 4.41. The predicted octanol–water partition coefficient (Wildman–Crippen LogP) is 2.95. The predicted molar refractivity (Wildman–Crippen MR) is 78.0 cm³/mol. The van der Waals surface area contributed by atoms with Crippen molar-refractivity contribution >= 4 is 17.0 Å². The molecule has 2 N–H and O–H groups in total. The summed E-state index contributed by atoms with van der Waals surface area (Å²) in [5, 5.41) is 7.52. The number of aromatic nitrogens is 3. The second kappa shape index (κ2) is 4.85. The summed E-state index contributed by atoms with van der Waals surface area (Å²) in [4.78, 5) is 4.44. The van der Waals surface area contributed by atoms with Gasteiger partial charge in [0.15, 0.2) is 0 Å². The number of hydrogen-bond acceptors (Lipinski definition) is 4. The Bertz CT molecular complexity index is 699. The average molecular weight is 270 g/mol. The van der Waals surface area contributed by atoms with Gasteiger partial charge < -0.3 is 5.73 Å². The molecule has 2 aromatic heterocycles. The lowest BCUT2D eigenvalue weighted by molar-refractivity contribution is 0.675. The van der Waals surface area contributed by atoms with Crippen molar-refractivity contribution in [2.45, 2.75) is 13.5 Å². The van der Waals surface area contributed by atoms with Gasteiger partial charge >= 0.3 is 0 Å². The molecule has 1 aromatic carbocycles. The maximum atomic E-state index is 5.79. The molecule has 0 unspecified atom stereocenters. The lowest BCUT2D eigenvalue weighted by Gasteiger charge is -1.99. The number of nitrogen functional groups attached to an aromatic ring is 1. The van der Waals surface area contributed by atoms with E-state index >= 15 is 0 Å². The van der Waals surface area contributed by atoms with E-state index in [0.29, 0.717) is 6.54 Å². The zero-order chi connectivity index (χ0) is 13.2. The third-order valence-corrected chi connectivity index (χ3v) is 3.67. The summed E-state index contributed by atoms with van der Waals surface area (Å²) in [6, 6.07) is 7.82. The summed E-state index contributed by atoms with van der Waals surface area (Å²) in [6.45, 7) is 2.71. The minimum atomic E-state index is 0.701. The number of anilines is 1. The smallest absolute Gasteiger partial charge is 0.0898 e. The summed E-state index contributed by atoms with van der Waals surface area (Å²) >= 11 is 1.66. The molecule has 2 heterocycles. The first-order valence-corrected chi connectivity index (χ1v) is 6.88. The van der Waals surface area contributed by atoms with Crippen LogP contribution >= 0.6 is 11.3 Å². The molecule has 5 heteroatoms. The van der Waals surface area contributed by atoms with Crippen LogP contribution < -0.4 is 5.73 Å². The van der Waals surface area contributed by atoms with Crippen LogP contribution in [0.4, 0.5) is 5.69 Å². The standard InChI is InChI=1S/C14H14N4S/c1-10-17-14(9-19-10)8-18-7-12(6-16-18)11-3-2-4-13(15)5-11/h2-7,9H,8,15H2,1H3. The number of aryl methyl sites for hydroxylation is 1. The molecule has 3 rings (SSSR count). The molecule has 0 amide bonds. The first-order chi connectivity index (χ1) is 9.20. The van der Waals surface area contributed by atoms with Gasteiger partial charge in [0.2, 0.25) is 0 Å². The molecule has 96 valence electrons. The van der Waals surface area contributed by atoms with E-state index in [1.54, 1.807) is 11.3 Å². The first-order valence-electron chi connectivity index (χ1n) is 6.00. The molecule has 0 radical (unpaired) electrons. The van der Waals surface area contributed by atoms with Gasteiger partial charge in [0.05, 0.1) is 23.4 Å². The van der Waals surface area contributed by atoms with Gasteiger partial charge in [-0.25, -0.2) is 4.98 Å². The second-order valence-corrected chi connectivity index (χ2v) is 5.47. The molecular formula is C14H14N4S. The quantitative estimate of drug-likeness (QED) is 0.744. The van der Waals surface area contributed by atoms with E-state index in [1.165, 1.54) is 0 Å². The summed E-state index contributed by atoms with van der Waals surface area (Å²) in [7, 11) is 0. The van der Waals surface area contributed by atoms with Crippen molar-refractivity contribution in [3.05, 3.63) is 52.7 Å². The van der Waals surface area contributed by atoms with E-state index in [1.807, 2.05) is 48.3 Å². The van der Waals surface area contributed by atoms with Gasteiger partial charge in [0, 0.05) is 22.8 Å². The van der Waals surface area contributed by atoms with Crippen LogP contribution in [0, 0.1) is 6.92 Å². The third-order valence-electron chi connectivity index (χ3n) is 2.84. The van der Waals surface area contributed by atoms with Crippen LogP contribution in [-0.4, -0.2) is 14.8 Å². The number of benzene rings is 1. The van der Waals surface area contributed by atoms with Crippen molar-refractivity contribution in [1.29, 1.82) is 0 Å². The zero-order valence-electron chi connectivity index (χ0n) is 10.6. The number of hydrogen-bond donors (Lipinski definition) is 1. The summed E-state index contributed by atoms with van der Waals surface area (Å²) in [6.07, 6.45) is 3.87. The maximum Gasteiger partial charge on any atom is 0.0898 e. The average Bonchev–Trinajstić information content (AvgIpc) is 2.99. The molecular weight excluding hydrogens is 256 g/mol. The molecule has 0 saturated carbocycles. The summed E-state index contributed by atoms with van der Waals surface area (Å²) < 4.78 is 1.90. The molecule has 0 aliphatic carbocycles. The Morgan fingerprint density at radius 1 is 1.32 bits per heavy atom. The van der Waals surface area contributed by atoms with Gasteiger partial charge in [0.25, 0.3) is 0 Å². The largest absolute Gasteiger partial charge is 0.399 e. The SMILES string of the molecule is Cc1nc(Cn2cc(-c3cccc(N)c3)cn2)cs1. The molecule has 19 heavy (non-hydrogen) atoms. The molecule has 0 spiro atoms.